The number of nitro groups is 1. The summed E-state index contributed by atoms with van der Waals surface area (Å²) in [5.41, 5.74) is -1.10. The van der Waals surface area contributed by atoms with Crippen molar-refractivity contribution in [3.05, 3.63) is 52.5 Å². The molecule has 0 aliphatic carbocycles. The first-order valence-corrected chi connectivity index (χ1v) is 5.88. The summed E-state index contributed by atoms with van der Waals surface area (Å²) in [6, 6.07) is 3.34. The van der Waals surface area contributed by atoms with Crippen LogP contribution in [-0.2, 0) is 6.18 Å². The second-order valence-electron chi connectivity index (χ2n) is 4.29. The van der Waals surface area contributed by atoms with Crippen molar-refractivity contribution in [2.75, 3.05) is 0 Å². The molecule has 0 aromatic carbocycles. The fraction of sp³-hybridized carbons (Fsp3) is 0.0833. The van der Waals surface area contributed by atoms with Gasteiger partial charge in [-0.2, -0.15) is 13.2 Å². The number of rotatable bonds is 2. The van der Waals surface area contributed by atoms with Crippen LogP contribution in [0.25, 0.3) is 16.9 Å². The lowest BCUT2D eigenvalue weighted by molar-refractivity contribution is -0.391. The number of fused-ring (bicyclic) bond motifs is 1. The molecule has 0 saturated heterocycles. The Hall–Kier alpha value is -3.04. The minimum absolute atomic E-state index is 0.0583. The van der Waals surface area contributed by atoms with Crippen LogP contribution in [0.1, 0.15) is 5.56 Å². The molecule has 0 unspecified atom stereocenters. The average Bonchev–Trinajstić information content (AvgIpc) is 2.89. The molecule has 0 bridgehead atoms. The summed E-state index contributed by atoms with van der Waals surface area (Å²) in [6.07, 6.45) is -1.28. The average molecular weight is 309 g/mol. The van der Waals surface area contributed by atoms with Gasteiger partial charge in [0.15, 0.2) is 0 Å². The first-order valence-electron chi connectivity index (χ1n) is 5.88. The molecule has 0 N–H and O–H groups in total. The molecule has 7 nitrogen and oxygen atoms in total. The molecule has 0 aliphatic heterocycles. The van der Waals surface area contributed by atoms with Gasteiger partial charge >= 0.3 is 12.0 Å². The molecule has 0 fully saturated rings. The molecule has 0 saturated carbocycles. The summed E-state index contributed by atoms with van der Waals surface area (Å²) < 4.78 is 39.9. The maximum absolute atomic E-state index is 13.0. The van der Waals surface area contributed by atoms with E-state index in [4.69, 9.17) is 0 Å². The first-order chi connectivity index (χ1) is 10.4. The van der Waals surface area contributed by atoms with Crippen molar-refractivity contribution in [1.29, 1.82) is 0 Å². The zero-order valence-corrected chi connectivity index (χ0v) is 10.7. The van der Waals surface area contributed by atoms with Crippen LogP contribution < -0.4 is 0 Å². The number of aromatic nitrogens is 4. The van der Waals surface area contributed by atoms with Gasteiger partial charge in [0.05, 0.1) is 17.5 Å². The third-order valence-corrected chi connectivity index (χ3v) is 2.92. The van der Waals surface area contributed by atoms with Gasteiger partial charge in [0.25, 0.3) is 0 Å². The molecular formula is C12H6F3N5O2. The zero-order valence-electron chi connectivity index (χ0n) is 10.7. The number of nitrogens with zero attached hydrogens (tertiary/aromatic N) is 5. The molecule has 0 aliphatic rings. The highest BCUT2D eigenvalue weighted by molar-refractivity contribution is 5.67. The van der Waals surface area contributed by atoms with Crippen LogP contribution in [0.3, 0.4) is 0 Å². The zero-order chi connectivity index (χ0) is 15.9. The Kier molecular flexibility index (Phi) is 3.01. The van der Waals surface area contributed by atoms with E-state index in [2.05, 4.69) is 15.1 Å². The van der Waals surface area contributed by atoms with E-state index in [9.17, 15) is 23.3 Å². The first kappa shape index (κ1) is 13.9. The fourth-order valence-corrected chi connectivity index (χ4v) is 1.98. The van der Waals surface area contributed by atoms with E-state index in [-0.39, 0.29) is 22.7 Å². The Morgan fingerprint density at radius 2 is 2.00 bits per heavy atom. The Morgan fingerprint density at radius 3 is 2.68 bits per heavy atom. The van der Waals surface area contributed by atoms with Gasteiger partial charge in [-0.1, -0.05) is 9.61 Å². The molecule has 10 heteroatoms. The number of hydrogen-bond acceptors (Lipinski definition) is 5. The van der Waals surface area contributed by atoms with Gasteiger partial charge in [0.2, 0.25) is 5.65 Å². The van der Waals surface area contributed by atoms with Gasteiger partial charge in [0.1, 0.15) is 6.20 Å². The molecule has 112 valence electrons. The standard InChI is InChI=1S/C12H6F3N5O2/c13-12(14,15)8-2-1-3-16-11(8)7-4-9-17-6-10(20(21)22)19(9)18-5-7/h1-6H. The van der Waals surface area contributed by atoms with Gasteiger partial charge in [-0.15, -0.1) is 0 Å². The van der Waals surface area contributed by atoms with E-state index in [1.165, 1.54) is 18.3 Å². The normalized spacial score (nSPS) is 11.8. The molecule has 3 rings (SSSR count). The number of alkyl halides is 3. The summed E-state index contributed by atoms with van der Waals surface area (Å²) >= 11 is 0. The lowest BCUT2D eigenvalue weighted by Gasteiger charge is -2.10. The summed E-state index contributed by atoms with van der Waals surface area (Å²) in [4.78, 5) is 17.6. The van der Waals surface area contributed by atoms with E-state index < -0.39 is 16.7 Å². The van der Waals surface area contributed by atoms with Gasteiger partial charge in [-0.25, -0.2) is 4.98 Å². The van der Waals surface area contributed by atoms with Crippen LogP contribution in [0.5, 0.6) is 0 Å². The second kappa shape index (κ2) is 4.76. The maximum Gasteiger partial charge on any atom is 0.418 e. The SMILES string of the molecule is O=[N+]([O-])c1cnc2cc(-c3ncccc3C(F)(F)F)cnn12. The Bertz CT molecular complexity index is 875. The third kappa shape index (κ3) is 2.24. The largest absolute Gasteiger partial charge is 0.418 e. The lowest BCUT2D eigenvalue weighted by atomic mass is 10.1. The smallest absolute Gasteiger partial charge is 0.358 e. The number of hydrogen-bond donors (Lipinski definition) is 0. The van der Waals surface area contributed by atoms with Crippen LogP contribution in [0.4, 0.5) is 19.0 Å². The Labute approximate surface area is 120 Å². The lowest BCUT2D eigenvalue weighted by Crippen LogP contribution is -2.08. The van der Waals surface area contributed by atoms with Crippen LogP contribution in [0.15, 0.2) is 36.8 Å². The summed E-state index contributed by atoms with van der Waals surface area (Å²) in [7, 11) is 0. The van der Waals surface area contributed by atoms with Crippen LogP contribution in [-0.4, -0.2) is 24.5 Å². The van der Waals surface area contributed by atoms with Gasteiger partial charge in [0, 0.05) is 17.8 Å². The molecule has 0 spiro atoms. The molecular weight excluding hydrogens is 303 g/mol. The van der Waals surface area contributed by atoms with Crippen molar-refractivity contribution < 1.29 is 18.1 Å². The molecule has 22 heavy (non-hydrogen) atoms. The van der Waals surface area contributed by atoms with Gasteiger partial charge in [-0.05, 0) is 17.1 Å². The van der Waals surface area contributed by atoms with E-state index in [1.54, 1.807) is 0 Å². The quantitative estimate of drug-likeness (QED) is 0.536. The third-order valence-electron chi connectivity index (χ3n) is 2.92. The molecule has 0 atom stereocenters. The maximum atomic E-state index is 13.0. The van der Waals surface area contributed by atoms with Crippen molar-refractivity contribution >= 4 is 11.5 Å². The molecule has 3 heterocycles. The highest BCUT2D eigenvalue weighted by Crippen LogP contribution is 2.35. The van der Waals surface area contributed by atoms with Crippen LogP contribution in [0.2, 0.25) is 0 Å². The van der Waals surface area contributed by atoms with Crippen LogP contribution >= 0.6 is 0 Å². The summed E-state index contributed by atoms with van der Waals surface area (Å²) in [5.74, 6) is -0.376. The Morgan fingerprint density at radius 1 is 1.23 bits per heavy atom. The number of pyridine rings is 1. The minimum Gasteiger partial charge on any atom is -0.358 e. The van der Waals surface area contributed by atoms with Crippen molar-refractivity contribution in [2.45, 2.75) is 6.18 Å². The predicted octanol–water partition coefficient (Wildman–Crippen LogP) is 2.72. The highest BCUT2D eigenvalue weighted by atomic mass is 19.4. The summed E-state index contributed by atoms with van der Waals surface area (Å²) in [5, 5.41) is 14.5. The monoisotopic (exact) mass is 309 g/mol. The Balaban J connectivity index is 2.18. The van der Waals surface area contributed by atoms with E-state index in [1.807, 2.05) is 0 Å². The van der Waals surface area contributed by atoms with Crippen molar-refractivity contribution in [3.8, 4) is 11.3 Å². The van der Waals surface area contributed by atoms with E-state index >= 15 is 0 Å². The van der Waals surface area contributed by atoms with E-state index in [0.29, 0.717) is 0 Å². The van der Waals surface area contributed by atoms with Gasteiger partial charge in [-0.3, -0.25) is 4.98 Å². The molecule has 3 aromatic rings. The number of imidazole rings is 1. The van der Waals surface area contributed by atoms with Gasteiger partial charge < -0.3 is 10.1 Å². The van der Waals surface area contributed by atoms with E-state index in [0.717, 1.165) is 23.0 Å². The molecule has 0 amide bonds. The van der Waals surface area contributed by atoms with Crippen LogP contribution in [0, 0.1) is 10.1 Å². The fourth-order valence-electron chi connectivity index (χ4n) is 1.98. The minimum atomic E-state index is -4.57. The second-order valence-corrected chi connectivity index (χ2v) is 4.29. The molecule has 0 radical (unpaired) electrons. The predicted molar refractivity (Wildman–Crippen MR) is 67.9 cm³/mol. The summed E-state index contributed by atoms with van der Waals surface area (Å²) in [6.45, 7) is 0. The van der Waals surface area contributed by atoms with Crippen molar-refractivity contribution in [2.24, 2.45) is 0 Å². The topological polar surface area (TPSA) is 86.2 Å². The number of halogens is 3. The molecule has 3 aromatic heterocycles. The highest BCUT2D eigenvalue weighted by Gasteiger charge is 2.34. The van der Waals surface area contributed by atoms with Crippen molar-refractivity contribution in [3.63, 3.8) is 0 Å². The van der Waals surface area contributed by atoms with Crippen molar-refractivity contribution in [1.82, 2.24) is 19.6 Å².